The highest BCUT2D eigenvalue weighted by atomic mass is 35.5. The van der Waals surface area contributed by atoms with Gasteiger partial charge in [-0.2, -0.15) is 0 Å². The van der Waals surface area contributed by atoms with Crippen LogP contribution in [0.2, 0.25) is 10.0 Å². The highest BCUT2D eigenvalue weighted by molar-refractivity contribution is 8.03. The third kappa shape index (κ3) is 2.19. The average molecular weight is 261 g/mol. The summed E-state index contributed by atoms with van der Waals surface area (Å²) in [6.07, 6.45) is 1.91. The number of nitrogens with zero attached hydrogens (tertiary/aromatic N) is 1. The van der Waals surface area contributed by atoms with E-state index >= 15 is 0 Å². The van der Waals surface area contributed by atoms with Crippen molar-refractivity contribution in [3.63, 3.8) is 0 Å². The van der Waals surface area contributed by atoms with Crippen molar-refractivity contribution in [2.75, 3.05) is 11.9 Å². The van der Waals surface area contributed by atoms with Crippen LogP contribution in [0.25, 0.3) is 0 Å². The fourth-order valence-corrected chi connectivity index (χ4v) is 2.84. The molecule has 0 amide bonds. The van der Waals surface area contributed by atoms with Crippen LogP contribution in [0.3, 0.4) is 0 Å². The first kappa shape index (κ1) is 11.0. The molecule has 1 aliphatic rings. The van der Waals surface area contributed by atoms with E-state index in [0.29, 0.717) is 10.0 Å². The number of rotatable bonds is 2. The maximum Gasteiger partial charge on any atom is 0.151 e. The number of thioether (sulfide) groups is 1. The second-order valence-electron chi connectivity index (χ2n) is 3.14. The molecule has 0 aromatic heterocycles. The van der Waals surface area contributed by atoms with Crippen LogP contribution in [0.5, 0.6) is 0 Å². The zero-order valence-corrected chi connectivity index (χ0v) is 10.4. The van der Waals surface area contributed by atoms with Gasteiger partial charge in [0.2, 0.25) is 0 Å². The number of nitrogens with one attached hydrogen (secondary N) is 1. The van der Waals surface area contributed by atoms with Crippen molar-refractivity contribution in [3.8, 4) is 0 Å². The van der Waals surface area contributed by atoms with Gasteiger partial charge in [0, 0.05) is 13.2 Å². The van der Waals surface area contributed by atoms with E-state index < -0.39 is 0 Å². The summed E-state index contributed by atoms with van der Waals surface area (Å²) in [5, 5.41) is 6.54. The fraction of sp³-hybridized carbons (Fsp3) is 0.200. The van der Waals surface area contributed by atoms with Gasteiger partial charge >= 0.3 is 0 Å². The average Bonchev–Trinajstić information content (AvgIpc) is 2.69. The van der Waals surface area contributed by atoms with Crippen LogP contribution in [-0.4, -0.2) is 12.5 Å². The third-order valence-electron chi connectivity index (χ3n) is 2.16. The molecule has 0 fully saturated rings. The van der Waals surface area contributed by atoms with Gasteiger partial charge in [-0.1, -0.05) is 41.0 Å². The lowest BCUT2D eigenvalue weighted by Crippen LogP contribution is -2.36. The second-order valence-corrected chi connectivity index (χ2v) is 4.94. The van der Waals surface area contributed by atoms with Gasteiger partial charge in [0.1, 0.15) is 0 Å². The van der Waals surface area contributed by atoms with E-state index in [1.807, 2.05) is 41.8 Å². The molecule has 0 aliphatic carbocycles. The zero-order valence-electron chi connectivity index (χ0n) is 8.08. The van der Waals surface area contributed by atoms with Crippen molar-refractivity contribution in [1.82, 2.24) is 5.32 Å². The van der Waals surface area contributed by atoms with E-state index in [2.05, 4.69) is 5.32 Å². The maximum atomic E-state index is 6.12. The van der Waals surface area contributed by atoms with Crippen LogP contribution in [0.15, 0.2) is 29.8 Å². The zero-order chi connectivity index (χ0) is 10.8. The topological polar surface area (TPSA) is 15.3 Å². The van der Waals surface area contributed by atoms with Gasteiger partial charge in [0.25, 0.3) is 0 Å². The fourth-order valence-electron chi connectivity index (χ4n) is 1.42. The predicted molar refractivity (Wildman–Crippen MR) is 68.5 cm³/mol. The molecule has 2 nitrogen and oxygen atoms in total. The molecule has 0 bridgehead atoms. The molecule has 1 unspecified atom stereocenters. The van der Waals surface area contributed by atoms with Crippen molar-refractivity contribution < 1.29 is 0 Å². The van der Waals surface area contributed by atoms with Crippen molar-refractivity contribution in [2.45, 2.75) is 5.50 Å². The molecular weight excluding hydrogens is 251 g/mol. The molecule has 80 valence electrons. The van der Waals surface area contributed by atoms with Gasteiger partial charge in [0.15, 0.2) is 5.50 Å². The molecule has 1 heterocycles. The van der Waals surface area contributed by atoms with E-state index in [1.165, 1.54) is 0 Å². The maximum absolute atomic E-state index is 6.12. The largest absolute Gasteiger partial charge is 0.362 e. The summed E-state index contributed by atoms with van der Waals surface area (Å²) in [6.45, 7) is 0. The summed E-state index contributed by atoms with van der Waals surface area (Å²) < 4.78 is 0. The summed E-state index contributed by atoms with van der Waals surface area (Å²) in [5.74, 6) is 0. The Bertz CT molecular complexity index is 367. The first-order valence-corrected chi connectivity index (χ1v) is 6.13. The third-order valence-corrected chi connectivity index (χ3v) is 3.77. The molecule has 1 N–H and O–H groups in total. The summed E-state index contributed by atoms with van der Waals surface area (Å²) in [6, 6.07) is 5.52. The monoisotopic (exact) mass is 260 g/mol. The number of benzene rings is 1. The van der Waals surface area contributed by atoms with Crippen LogP contribution in [0.1, 0.15) is 0 Å². The Morgan fingerprint density at radius 1 is 1.33 bits per heavy atom. The van der Waals surface area contributed by atoms with E-state index in [0.717, 1.165) is 5.69 Å². The smallest absolute Gasteiger partial charge is 0.151 e. The molecule has 0 saturated carbocycles. The van der Waals surface area contributed by atoms with Gasteiger partial charge in [-0.25, -0.2) is 0 Å². The molecule has 0 spiro atoms. The van der Waals surface area contributed by atoms with Crippen molar-refractivity contribution in [2.24, 2.45) is 0 Å². The lowest BCUT2D eigenvalue weighted by Gasteiger charge is -2.27. The van der Waals surface area contributed by atoms with Gasteiger partial charge in [-0.3, -0.25) is 0 Å². The molecule has 0 radical (unpaired) electrons. The minimum absolute atomic E-state index is 0.155. The Hall–Kier alpha value is -0.510. The van der Waals surface area contributed by atoms with Gasteiger partial charge in [0.05, 0.1) is 15.7 Å². The second kappa shape index (κ2) is 4.56. The molecule has 1 aromatic rings. The van der Waals surface area contributed by atoms with Gasteiger partial charge < -0.3 is 10.2 Å². The Balaban J connectivity index is 2.28. The van der Waals surface area contributed by atoms with Crippen molar-refractivity contribution >= 4 is 40.7 Å². The summed E-state index contributed by atoms with van der Waals surface area (Å²) in [7, 11) is 1.96. The first-order valence-electron chi connectivity index (χ1n) is 4.43. The Kier molecular flexibility index (Phi) is 3.34. The van der Waals surface area contributed by atoms with Crippen LogP contribution in [0.4, 0.5) is 5.69 Å². The van der Waals surface area contributed by atoms with Crippen LogP contribution in [-0.2, 0) is 0 Å². The van der Waals surface area contributed by atoms with Crippen LogP contribution >= 0.6 is 35.0 Å². The number of para-hydroxylation sites is 1. The van der Waals surface area contributed by atoms with Gasteiger partial charge in [-0.15, -0.1) is 0 Å². The standard InChI is InChI=1S/C10H10Cl2N2S/c1-14(10-13-5-6-15-10)9-7(11)3-2-4-8(9)12/h2-6,10,13H,1H3. The first-order chi connectivity index (χ1) is 7.20. The van der Waals surface area contributed by atoms with Crippen molar-refractivity contribution in [1.29, 1.82) is 0 Å². The Labute approximate surface area is 103 Å². The van der Waals surface area contributed by atoms with Gasteiger partial charge in [-0.05, 0) is 17.5 Å². The molecule has 0 saturated heterocycles. The Morgan fingerprint density at radius 2 is 2.00 bits per heavy atom. The molecule has 15 heavy (non-hydrogen) atoms. The number of hydrogen-bond donors (Lipinski definition) is 1. The summed E-state index contributed by atoms with van der Waals surface area (Å²) in [5.41, 5.74) is 1.01. The number of anilines is 1. The molecule has 5 heteroatoms. The van der Waals surface area contributed by atoms with Crippen LogP contribution < -0.4 is 10.2 Å². The van der Waals surface area contributed by atoms with Crippen LogP contribution in [0, 0.1) is 0 Å². The predicted octanol–water partition coefficient (Wildman–Crippen LogP) is 3.52. The lowest BCUT2D eigenvalue weighted by atomic mass is 10.3. The lowest BCUT2D eigenvalue weighted by molar-refractivity contribution is 0.770. The molecular formula is C10H10Cl2N2S. The quantitative estimate of drug-likeness (QED) is 0.876. The van der Waals surface area contributed by atoms with E-state index in [-0.39, 0.29) is 5.50 Å². The van der Waals surface area contributed by atoms with Crippen molar-refractivity contribution in [3.05, 3.63) is 39.9 Å². The van der Waals surface area contributed by atoms with E-state index in [4.69, 9.17) is 23.2 Å². The van der Waals surface area contributed by atoms with E-state index in [1.54, 1.807) is 11.8 Å². The molecule has 1 aromatic carbocycles. The number of halogens is 2. The Morgan fingerprint density at radius 3 is 2.53 bits per heavy atom. The minimum Gasteiger partial charge on any atom is -0.362 e. The molecule has 2 rings (SSSR count). The molecule has 1 aliphatic heterocycles. The minimum atomic E-state index is 0.155. The SMILES string of the molecule is CN(c1c(Cl)cccc1Cl)C1NC=CS1. The highest BCUT2D eigenvalue weighted by Crippen LogP contribution is 2.35. The summed E-state index contributed by atoms with van der Waals surface area (Å²) in [4.78, 5) is 2.02. The number of hydrogen-bond acceptors (Lipinski definition) is 3. The normalized spacial score (nSPS) is 19.0. The summed E-state index contributed by atoms with van der Waals surface area (Å²) >= 11 is 13.9. The van der Waals surface area contributed by atoms with E-state index in [9.17, 15) is 0 Å². The molecule has 1 atom stereocenters. The highest BCUT2D eigenvalue weighted by Gasteiger charge is 2.20.